The molecule has 5 atom stereocenters. The molecule has 0 amide bonds. The summed E-state index contributed by atoms with van der Waals surface area (Å²) in [5.74, 6) is 1.05. The average molecular weight is 289 g/mol. The monoisotopic (exact) mass is 288 g/mol. The predicted octanol–water partition coefficient (Wildman–Crippen LogP) is 4.54. The third kappa shape index (κ3) is 1.93. The van der Waals surface area contributed by atoms with E-state index in [1.54, 1.807) is 0 Å². The van der Waals surface area contributed by atoms with Gasteiger partial charge in [0.15, 0.2) is 0 Å². The van der Waals surface area contributed by atoms with Gasteiger partial charge in [0.25, 0.3) is 0 Å². The van der Waals surface area contributed by atoms with Gasteiger partial charge in [-0.1, -0.05) is 38.5 Å². The molecule has 3 fully saturated rings. The summed E-state index contributed by atoms with van der Waals surface area (Å²) >= 11 is 12.9. The van der Waals surface area contributed by atoms with Crippen LogP contribution in [0.1, 0.15) is 57.8 Å². The Balaban J connectivity index is 1.84. The van der Waals surface area contributed by atoms with Crippen molar-refractivity contribution in [1.82, 2.24) is 0 Å². The molecule has 1 nitrogen and oxygen atoms in total. The third-order valence-electron chi connectivity index (χ3n) is 5.53. The fourth-order valence-corrected chi connectivity index (χ4v) is 5.75. The predicted molar refractivity (Wildman–Crippen MR) is 75.3 cm³/mol. The van der Waals surface area contributed by atoms with Crippen molar-refractivity contribution in [2.45, 2.75) is 68.5 Å². The quantitative estimate of drug-likeness (QED) is 0.598. The van der Waals surface area contributed by atoms with Gasteiger partial charge in [0.2, 0.25) is 0 Å². The van der Waals surface area contributed by atoms with E-state index >= 15 is 0 Å². The van der Waals surface area contributed by atoms with Crippen molar-refractivity contribution in [2.24, 2.45) is 17.3 Å². The third-order valence-corrected chi connectivity index (χ3v) is 6.87. The molecule has 0 aromatic carbocycles. The Hall–Kier alpha value is 0.250. The second-order valence-corrected chi connectivity index (χ2v) is 7.58. The molecule has 0 N–H and O–H groups in total. The smallest absolute Gasteiger partial charge is 0.138 e. The minimum Gasteiger partial charge on any atom is -0.299 e. The van der Waals surface area contributed by atoms with E-state index in [-0.39, 0.29) is 22.1 Å². The number of hydrogen-bond donors (Lipinski definition) is 0. The summed E-state index contributed by atoms with van der Waals surface area (Å²) in [6.07, 6.45) is 10.7. The van der Waals surface area contributed by atoms with E-state index in [2.05, 4.69) is 0 Å². The van der Waals surface area contributed by atoms with Crippen LogP contribution in [-0.2, 0) is 4.79 Å². The maximum Gasteiger partial charge on any atom is 0.138 e. The number of fused-ring (bicyclic) bond motifs is 1. The Morgan fingerprint density at radius 1 is 1.06 bits per heavy atom. The Bertz CT molecular complexity index is 343. The van der Waals surface area contributed by atoms with Crippen LogP contribution in [0.5, 0.6) is 0 Å². The molecule has 0 aromatic heterocycles. The summed E-state index contributed by atoms with van der Waals surface area (Å²) in [5, 5.41) is -0.0848. The lowest BCUT2D eigenvalue weighted by atomic mass is 9.48. The van der Waals surface area contributed by atoms with Gasteiger partial charge in [-0.05, 0) is 24.2 Å². The van der Waals surface area contributed by atoms with Crippen molar-refractivity contribution >= 4 is 29.0 Å². The van der Waals surface area contributed by atoms with Crippen molar-refractivity contribution < 1.29 is 4.79 Å². The van der Waals surface area contributed by atoms with E-state index in [0.717, 1.165) is 19.3 Å². The molecule has 102 valence electrons. The van der Waals surface area contributed by atoms with Crippen LogP contribution < -0.4 is 0 Å². The second-order valence-electron chi connectivity index (χ2n) is 6.60. The largest absolute Gasteiger partial charge is 0.299 e. The van der Waals surface area contributed by atoms with Crippen molar-refractivity contribution in [2.75, 3.05) is 0 Å². The molecule has 0 aliphatic heterocycles. The summed E-state index contributed by atoms with van der Waals surface area (Å²) in [6.45, 7) is 0. The Morgan fingerprint density at radius 2 is 1.78 bits per heavy atom. The minimum absolute atomic E-state index is 0.0235. The van der Waals surface area contributed by atoms with E-state index < -0.39 is 0 Å². The molecule has 0 heterocycles. The Kier molecular flexibility index (Phi) is 3.66. The molecule has 1 spiro atoms. The normalized spacial score (nSPS) is 49.1. The van der Waals surface area contributed by atoms with E-state index in [9.17, 15) is 4.79 Å². The molecule has 3 rings (SSSR count). The van der Waals surface area contributed by atoms with Gasteiger partial charge in [0.1, 0.15) is 5.78 Å². The fourth-order valence-electron chi connectivity index (χ4n) is 4.63. The molecule has 0 radical (unpaired) electrons. The van der Waals surface area contributed by atoms with Crippen LogP contribution in [0.4, 0.5) is 0 Å². The van der Waals surface area contributed by atoms with Crippen LogP contribution >= 0.6 is 23.2 Å². The summed E-state index contributed by atoms with van der Waals surface area (Å²) in [7, 11) is 0. The van der Waals surface area contributed by atoms with E-state index in [1.165, 1.54) is 38.5 Å². The molecule has 2 bridgehead atoms. The first-order valence-corrected chi connectivity index (χ1v) is 8.33. The molecule has 3 saturated carbocycles. The number of alkyl halides is 2. The van der Waals surface area contributed by atoms with E-state index in [1.807, 2.05) is 0 Å². The number of carbonyl (C=O) groups excluding carboxylic acids is 1. The summed E-state index contributed by atoms with van der Waals surface area (Å²) in [4.78, 5) is 12.3. The molecule has 0 unspecified atom stereocenters. The molecule has 18 heavy (non-hydrogen) atoms. The van der Waals surface area contributed by atoms with Gasteiger partial charge in [0, 0.05) is 12.3 Å². The van der Waals surface area contributed by atoms with Gasteiger partial charge in [-0.2, -0.15) is 0 Å². The summed E-state index contributed by atoms with van der Waals surface area (Å²) < 4.78 is 0. The van der Waals surface area contributed by atoms with E-state index in [0.29, 0.717) is 11.7 Å². The lowest BCUT2D eigenvalue weighted by Gasteiger charge is -2.60. The fraction of sp³-hybridized carbons (Fsp3) is 0.933. The zero-order chi connectivity index (χ0) is 12.8. The lowest BCUT2D eigenvalue weighted by Crippen LogP contribution is -2.65. The minimum atomic E-state index is -0.108. The van der Waals surface area contributed by atoms with Crippen molar-refractivity contribution in [3.05, 3.63) is 0 Å². The summed E-state index contributed by atoms with van der Waals surface area (Å²) in [5.41, 5.74) is 0.0608. The van der Waals surface area contributed by atoms with Crippen LogP contribution in [0.25, 0.3) is 0 Å². The number of ketones is 1. The molecular formula is C15H22Cl2O. The topological polar surface area (TPSA) is 17.1 Å². The maximum atomic E-state index is 12.3. The highest BCUT2D eigenvalue weighted by atomic mass is 35.5. The first-order valence-electron chi connectivity index (χ1n) is 7.46. The van der Waals surface area contributed by atoms with Gasteiger partial charge in [-0.25, -0.2) is 0 Å². The number of hydrogen-bond acceptors (Lipinski definition) is 1. The molecule has 3 aliphatic rings. The standard InChI is InChI=1S/C15H22Cl2O/c16-13-12-11(18)8-10-6-4-2-1-3-5-7-15(12,9-10)14(13)17/h10,12-14H,1-9H2/t10-,12+,13+,14+,15+/m0/s1. The lowest BCUT2D eigenvalue weighted by molar-refractivity contribution is -0.143. The molecule has 0 aromatic rings. The van der Waals surface area contributed by atoms with Crippen molar-refractivity contribution in [1.29, 1.82) is 0 Å². The van der Waals surface area contributed by atoms with E-state index in [4.69, 9.17) is 23.2 Å². The SMILES string of the molecule is O=C1C[C@@H]2CCCCCCC[C@]3(C2)[C@H](Cl)[C@H](Cl)[C@@H]13. The van der Waals surface area contributed by atoms with Crippen LogP contribution in [0.3, 0.4) is 0 Å². The second kappa shape index (κ2) is 4.98. The van der Waals surface area contributed by atoms with Crippen LogP contribution in [0.15, 0.2) is 0 Å². The van der Waals surface area contributed by atoms with Crippen LogP contribution in [-0.4, -0.2) is 16.5 Å². The highest BCUT2D eigenvalue weighted by molar-refractivity contribution is 6.33. The average Bonchev–Trinajstić information content (AvgIpc) is 2.36. The van der Waals surface area contributed by atoms with Crippen LogP contribution in [0.2, 0.25) is 0 Å². The van der Waals surface area contributed by atoms with Gasteiger partial charge in [-0.3, -0.25) is 4.79 Å². The number of halogens is 2. The number of rotatable bonds is 0. The molecule has 3 aliphatic carbocycles. The Labute approximate surface area is 120 Å². The van der Waals surface area contributed by atoms with Crippen molar-refractivity contribution in [3.63, 3.8) is 0 Å². The molecular weight excluding hydrogens is 267 g/mol. The van der Waals surface area contributed by atoms with Crippen LogP contribution in [0, 0.1) is 17.3 Å². The highest BCUT2D eigenvalue weighted by Crippen LogP contribution is 2.63. The van der Waals surface area contributed by atoms with Gasteiger partial charge < -0.3 is 0 Å². The number of Topliss-reactive ketones (excluding diaryl/α,β-unsaturated/α-hetero) is 1. The first-order chi connectivity index (χ1) is 8.65. The first kappa shape index (κ1) is 13.2. The van der Waals surface area contributed by atoms with Gasteiger partial charge >= 0.3 is 0 Å². The molecule has 0 saturated heterocycles. The Morgan fingerprint density at radius 3 is 2.61 bits per heavy atom. The highest BCUT2D eigenvalue weighted by Gasteiger charge is 2.65. The summed E-state index contributed by atoms with van der Waals surface area (Å²) in [6, 6.07) is 0. The number of carbonyl (C=O) groups is 1. The molecule has 3 heteroatoms. The van der Waals surface area contributed by atoms with Gasteiger partial charge in [0.05, 0.1) is 10.8 Å². The zero-order valence-electron chi connectivity index (χ0n) is 10.8. The maximum absolute atomic E-state index is 12.3. The van der Waals surface area contributed by atoms with Gasteiger partial charge in [-0.15, -0.1) is 23.2 Å². The van der Waals surface area contributed by atoms with Crippen molar-refractivity contribution in [3.8, 4) is 0 Å². The zero-order valence-corrected chi connectivity index (χ0v) is 12.3.